The van der Waals surface area contributed by atoms with E-state index in [1.165, 1.54) is 6.26 Å². The summed E-state index contributed by atoms with van der Waals surface area (Å²) in [6.45, 7) is 4.88. The Hall–Kier alpha value is -3.63. The smallest absolute Gasteiger partial charge is 0.268 e. The molecule has 0 radical (unpaired) electrons. The topological polar surface area (TPSA) is 119 Å². The van der Waals surface area contributed by atoms with Crippen molar-refractivity contribution >= 4 is 28.2 Å². The highest BCUT2D eigenvalue weighted by molar-refractivity contribution is 6.00. The first-order chi connectivity index (χ1) is 17.5. The van der Waals surface area contributed by atoms with Gasteiger partial charge in [0.1, 0.15) is 12.0 Å². The third-order valence-corrected chi connectivity index (χ3v) is 6.91. The average Bonchev–Trinajstić information content (AvgIpc) is 3.50. The Kier molecular flexibility index (Phi) is 6.80. The van der Waals surface area contributed by atoms with Gasteiger partial charge >= 0.3 is 0 Å². The summed E-state index contributed by atoms with van der Waals surface area (Å²) >= 11 is 0. The van der Waals surface area contributed by atoms with Crippen LogP contribution in [0.15, 0.2) is 48.6 Å². The number of methoxy groups -OCH3 is 1. The Morgan fingerprint density at radius 2 is 2.06 bits per heavy atom. The third kappa shape index (κ3) is 4.61. The molecule has 4 heterocycles. The highest BCUT2D eigenvalue weighted by Gasteiger charge is 2.36. The molecule has 3 aromatic rings. The Morgan fingerprint density at radius 3 is 2.75 bits per heavy atom. The molecule has 1 saturated heterocycles. The number of carbonyl (C=O) groups excluding carboxylic acids is 1. The molecule has 1 atom stereocenters. The van der Waals surface area contributed by atoms with Crippen molar-refractivity contribution in [3.63, 3.8) is 0 Å². The number of aliphatic hydroxyl groups excluding tert-OH is 1. The molecule has 10 heteroatoms. The van der Waals surface area contributed by atoms with E-state index in [1.807, 2.05) is 40.9 Å². The summed E-state index contributed by atoms with van der Waals surface area (Å²) in [6.07, 6.45) is 6.37. The molecule has 5 rings (SSSR count). The number of pyridine rings is 1. The first kappa shape index (κ1) is 24.1. The Balaban J connectivity index is 1.63. The van der Waals surface area contributed by atoms with Crippen molar-refractivity contribution in [3.05, 3.63) is 59.9 Å². The van der Waals surface area contributed by atoms with Crippen LogP contribution in [0.2, 0.25) is 0 Å². The minimum Gasteiger partial charge on any atom is -0.471 e. The van der Waals surface area contributed by atoms with Crippen LogP contribution in [0.4, 0.5) is 11.4 Å². The molecule has 2 aromatic heterocycles. The molecule has 36 heavy (non-hydrogen) atoms. The van der Waals surface area contributed by atoms with Crippen LogP contribution in [0.3, 0.4) is 0 Å². The predicted octanol–water partition coefficient (Wildman–Crippen LogP) is 2.46. The predicted molar refractivity (Wildman–Crippen MR) is 136 cm³/mol. The standard InChI is InChI=1S/C26H32N6O4/c1-17-11-19(3-6-28-17)26-32(24(16-36-26)25(27)34)23-12-20-14-31(9-10-35-2)29-21(20)13-22(23)30-7-4-18(15-33)5-8-30/h3,6,11-14,16,18,26,33H,4-5,7-10,15H2,1-2H3,(H2,27,34). The molecule has 3 N–H and O–H groups in total. The number of carbonyl (C=O) groups is 1. The molecule has 1 unspecified atom stereocenters. The van der Waals surface area contributed by atoms with Gasteiger partial charge in [0, 0.05) is 55.8 Å². The number of aryl methyl sites for hydroxylation is 1. The lowest BCUT2D eigenvalue weighted by Crippen LogP contribution is -2.37. The molecule has 0 bridgehead atoms. The molecular formula is C26H32N6O4. The molecule has 2 aliphatic heterocycles. The summed E-state index contributed by atoms with van der Waals surface area (Å²) in [5, 5.41) is 15.3. The normalized spacial score (nSPS) is 18.5. The monoisotopic (exact) mass is 492 g/mol. The van der Waals surface area contributed by atoms with Crippen LogP contribution in [0.25, 0.3) is 10.9 Å². The first-order valence-electron chi connectivity index (χ1n) is 12.2. The molecule has 1 aromatic carbocycles. The number of hydrogen-bond donors (Lipinski definition) is 2. The Morgan fingerprint density at radius 1 is 1.25 bits per heavy atom. The first-order valence-corrected chi connectivity index (χ1v) is 12.2. The van der Waals surface area contributed by atoms with E-state index in [0.29, 0.717) is 19.1 Å². The molecule has 1 amide bonds. The van der Waals surface area contributed by atoms with Gasteiger partial charge in [0.25, 0.3) is 5.91 Å². The summed E-state index contributed by atoms with van der Waals surface area (Å²) < 4.78 is 13.1. The zero-order valence-corrected chi connectivity index (χ0v) is 20.6. The van der Waals surface area contributed by atoms with Gasteiger partial charge in [-0.05, 0) is 49.9 Å². The van der Waals surface area contributed by atoms with E-state index in [2.05, 4.69) is 16.0 Å². The molecule has 0 aliphatic carbocycles. The fraction of sp³-hybridized carbons (Fsp3) is 0.423. The molecule has 190 valence electrons. The van der Waals surface area contributed by atoms with Gasteiger partial charge < -0.3 is 25.2 Å². The fourth-order valence-electron chi connectivity index (χ4n) is 4.96. The van der Waals surface area contributed by atoms with E-state index in [0.717, 1.165) is 59.5 Å². The van der Waals surface area contributed by atoms with Crippen molar-refractivity contribution < 1.29 is 19.4 Å². The van der Waals surface area contributed by atoms with Gasteiger partial charge in [-0.3, -0.25) is 19.4 Å². The van der Waals surface area contributed by atoms with E-state index in [-0.39, 0.29) is 12.3 Å². The van der Waals surface area contributed by atoms with Crippen molar-refractivity contribution in [1.29, 1.82) is 0 Å². The Bertz CT molecular complexity index is 1280. The summed E-state index contributed by atoms with van der Waals surface area (Å²) in [5.41, 5.74) is 10.4. The molecule has 0 spiro atoms. The number of ether oxygens (including phenoxy) is 2. The average molecular weight is 493 g/mol. The lowest BCUT2D eigenvalue weighted by atomic mass is 9.97. The second kappa shape index (κ2) is 10.2. The van der Waals surface area contributed by atoms with Crippen LogP contribution >= 0.6 is 0 Å². The van der Waals surface area contributed by atoms with Crippen molar-refractivity contribution in [1.82, 2.24) is 14.8 Å². The van der Waals surface area contributed by atoms with Crippen LogP contribution in [-0.4, -0.2) is 59.2 Å². The molecule has 10 nitrogen and oxygen atoms in total. The maximum atomic E-state index is 12.5. The van der Waals surface area contributed by atoms with Crippen molar-refractivity contribution in [2.24, 2.45) is 11.7 Å². The van der Waals surface area contributed by atoms with Gasteiger partial charge in [0.15, 0.2) is 0 Å². The van der Waals surface area contributed by atoms with E-state index in [9.17, 15) is 9.90 Å². The lowest BCUT2D eigenvalue weighted by molar-refractivity contribution is -0.114. The number of aliphatic hydroxyl groups is 1. The number of piperidine rings is 1. The highest BCUT2D eigenvalue weighted by Crippen LogP contribution is 2.44. The zero-order chi connectivity index (χ0) is 25.2. The van der Waals surface area contributed by atoms with E-state index in [1.54, 1.807) is 13.3 Å². The van der Waals surface area contributed by atoms with Gasteiger partial charge in [0.05, 0.1) is 30.0 Å². The number of primary amides is 1. The van der Waals surface area contributed by atoms with Gasteiger partial charge in [-0.25, -0.2) is 0 Å². The van der Waals surface area contributed by atoms with Gasteiger partial charge in [-0.1, -0.05) is 0 Å². The van der Waals surface area contributed by atoms with Gasteiger partial charge in [-0.2, -0.15) is 5.10 Å². The number of aromatic nitrogens is 3. The number of hydrogen-bond acceptors (Lipinski definition) is 8. The largest absolute Gasteiger partial charge is 0.471 e. The van der Waals surface area contributed by atoms with E-state index in [4.69, 9.17) is 20.3 Å². The minimum atomic E-state index is -0.566. The number of rotatable bonds is 8. The second-order valence-electron chi connectivity index (χ2n) is 9.35. The number of benzene rings is 1. The Labute approximate surface area is 209 Å². The number of amides is 1. The van der Waals surface area contributed by atoms with Crippen LogP contribution in [0.1, 0.15) is 30.3 Å². The van der Waals surface area contributed by atoms with Crippen LogP contribution in [-0.2, 0) is 20.8 Å². The van der Waals surface area contributed by atoms with Crippen LogP contribution in [0, 0.1) is 12.8 Å². The van der Waals surface area contributed by atoms with Crippen molar-refractivity contribution in [3.8, 4) is 0 Å². The summed E-state index contributed by atoms with van der Waals surface area (Å²) in [6, 6.07) is 7.95. The molecule has 0 saturated carbocycles. The van der Waals surface area contributed by atoms with Gasteiger partial charge in [-0.15, -0.1) is 0 Å². The number of nitrogens with two attached hydrogens (primary N) is 1. The number of anilines is 2. The number of nitrogens with zero attached hydrogens (tertiary/aromatic N) is 5. The SMILES string of the molecule is COCCn1cc2cc(N3C(C(N)=O)=COC3c3ccnc(C)c3)c(N3CCC(CO)CC3)cc2n1. The summed E-state index contributed by atoms with van der Waals surface area (Å²) in [5.74, 6) is -0.269. The van der Waals surface area contributed by atoms with Crippen molar-refractivity contribution in [2.45, 2.75) is 32.5 Å². The minimum absolute atomic E-state index is 0.196. The quantitative estimate of drug-likeness (QED) is 0.492. The fourth-order valence-corrected chi connectivity index (χ4v) is 4.96. The zero-order valence-electron chi connectivity index (χ0n) is 20.6. The van der Waals surface area contributed by atoms with Crippen LogP contribution < -0.4 is 15.5 Å². The number of fused-ring (bicyclic) bond motifs is 1. The molecule has 2 aliphatic rings. The van der Waals surface area contributed by atoms with Crippen molar-refractivity contribution in [2.75, 3.05) is 43.2 Å². The maximum Gasteiger partial charge on any atom is 0.268 e. The molecule has 1 fully saturated rings. The summed E-state index contributed by atoms with van der Waals surface area (Å²) in [4.78, 5) is 21.0. The maximum absolute atomic E-state index is 12.5. The van der Waals surface area contributed by atoms with E-state index >= 15 is 0 Å². The van der Waals surface area contributed by atoms with E-state index < -0.39 is 12.1 Å². The van der Waals surface area contributed by atoms with Gasteiger partial charge in [0.2, 0.25) is 6.23 Å². The highest BCUT2D eigenvalue weighted by atomic mass is 16.5. The lowest BCUT2D eigenvalue weighted by Gasteiger charge is -2.37. The summed E-state index contributed by atoms with van der Waals surface area (Å²) in [7, 11) is 1.67. The molecular weight excluding hydrogens is 460 g/mol. The third-order valence-electron chi connectivity index (χ3n) is 6.91. The second-order valence-corrected chi connectivity index (χ2v) is 9.35. The van der Waals surface area contributed by atoms with Crippen LogP contribution in [0.5, 0.6) is 0 Å².